The summed E-state index contributed by atoms with van der Waals surface area (Å²) in [5.74, 6) is -0.270. The molecule has 0 aliphatic heterocycles. The van der Waals surface area contributed by atoms with Crippen LogP contribution in [0, 0.1) is 6.92 Å². The van der Waals surface area contributed by atoms with Crippen LogP contribution in [0.4, 0.5) is 0 Å². The predicted molar refractivity (Wildman–Crippen MR) is 89.1 cm³/mol. The number of aliphatic hydroxyl groups is 1. The summed E-state index contributed by atoms with van der Waals surface area (Å²) in [6.07, 6.45) is 5.26. The third-order valence-electron chi connectivity index (χ3n) is 4.32. The molecule has 1 aromatic carbocycles. The molecule has 1 fully saturated rings. The van der Waals surface area contributed by atoms with Crippen molar-refractivity contribution in [2.75, 3.05) is 6.54 Å². The number of amides is 1. The Hall–Kier alpha value is -1.85. The minimum absolute atomic E-state index is 0.268. The molecule has 2 N–H and O–H groups in total. The molecule has 0 atom stereocenters. The number of hydrogen-bond donors (Lipinski definition) is 2. The Balaban J connectivity index is 1.75. The van der Waals surface area contributed by atoms with Gasteiger partial charge < -0.3 is 10.4 Å². The van der Waals surface area contributed by atoms with E-state index in [4.69, 9.17) is 11.6 Å². The summed E-state index contributed by atoms with van der Waals surface area (Å²) >= 11 is 6.17. The van der Waals surface area contributed by atoms with E-state index in [1.807, 2.05) is 25.1 Å². The third-order valence-corrected chi connectivity index (χ3v) is 4.64. The zero-order valence-corrected chi connectivity index (χ0v) is 13.8. The fourth-order valence-electron chi connectivity index (χ4n) is 2.98. The molecule has 0 saturated heterocycles. The molecule has 0 unspecified atom stereocenters. The lowest BCUT2D eigenvalue weighted by Crippen LogP contribution is -2.41. The minimum atomic E-state index is -0.769. The van der Waals surface area contributed by atoms with E-state index >= 15 is 0 Å². The van der Waals surface area contributed by atoms with Crippen LogP contribution in [-0.4, -0.2) is 32.9 Å². The lowest BCUT2D eigenvalue weighted by Gasteiger charge is -2.22. The normalized spacial score (nSPS) is 16.5. The van der Waals surface area contributed by atoms with Gasteiger partial charge in [-0.3, -0.25) is 4.79 Å². The minimum Gasteiger partial charge on any atom is -0.388 e. The molecule has 122 valence electrons. The van der Waals surface area contributed by atoms with Crippen molar-refractivity contribution in [3.63, 3.8) is 0 Å². The van der Waals surface area contributed by atoms with Crippen LogP contribution in [-0.2, 0) is 0 Å². The molecule has 1 heterocycles. The summed E-state index contributed by atoms with van der Waals surface area (Å²) in [4.78, 5) is 12.4. The topological polar surface area (TPSA) is 67.2 Å². The average molecular weight is 334 g/mol. The van der Waals surface area contributed by atoms with E-state index in [-0.39, 0.29) is 12.5 Å². The number of nitrogens with zero attached hydrogens (tertiary/aromatic N) is 2. The van der Waals surface area contributed by atoms with Crippen molar-refractivity contribution in [1.82, 2.24) is 15.1 Å². The molecule has 6 heteroatoms. The van der Waals surface area contributed by atoms with Crippen LogP contribution in [0.2, 0.25) is 5.02 Å². The number of hydrogen-bond acceptors (Lipinski definition) is 3. The molecule has 1 saturated carbocycles. The summed E-state index contributed by atoms with van der Waals surface area (Å²) in [5, 5.41) is 18.0. The van der Waals surface area contributed by atoms with Crippen LogP contribution < -0.4 is 5.32 Å². The van der Waals surface area contributed by atoms with Crippen LogP contribution >= 0.6 is 11.6 Å². The largest absolute Gasteiger partial charge is 0.388 e. The Morgan fingerprint density at radius 2 is 2.09 bits per heavy atom. The highest BCUT2D eigenvalue weighted by Crippen LogP contribution is 2.28. The van der Waals surface area contributed by atoms with E-state index in [0.29, 0.717) is 10.7 Å². The van der Waals surface area contributed by atoms with Gasteiger partial charge >= 0.3 is 0 Å². The van der Waals surface area contributed by atoms with E-state index in [1.165, 1.54) is 0 Å². The van der Waals surface area contributed by atoms with Crippen molar-refractivity contribution in [3.8, 4) is 5.69 Å². The molecule has 1 aliphatic carbocycles. The molecular weight excluding hydrogens is 314 g/mol. The van der Waals surface area contributed by atoms with Gasteiger partial charge in [-0.1, -0.05) is 36.6 Å². The number of aryl methyl sites for hydroxylation is 1. The van der Waals surface area contributed by atoms with Crippen molar-refractivity contribution in [1.29, 1.82) is 0 Å². The number of benzene rings is 1. The first-order valence-corrected chi connectivity index (χ1v) is 8.18. The molecule has 0 radical (unpaired) electrons. The van der Waals surface area contributed by atoms with Gasteiger partial charge in [0.05, 0.1) is 16.3 Å². The molecule has 1 aliphatic rings. The van der Waals surface area contributed by atoms with Crippen molar-refractivity contribution in [2.24, 2.45) is 0 Å². The Bertz CT molecular complexity index is 720. The van der Waals surface area contributed by atoms with E-state index in [9.17, 15) is 9.90 Å². The first-order valence-electron chi connectivity index (χ1n) is 7.80. The molecule has 2 aromatic rings. The fourth-order valence-corrected chi connectivity index (χ4v) is 3.21. The number of carbonyl (C=O) groups excluding carboxylic acids is 1. The van der Waals surface area contributed by atoms with Gasteiger partial charge in [-0.05, 0) is 31.9 Å². The van der Waals surface area contributed by atoms with E-state index in [2.05, 4.69) is 10.4 Å². The molecule has 1 aromatic heterocycles. The molecule has 1 amide bonds. The number of carbonyl (C=O) groups is 1. The number of para-hydroxylation sites is 1. The van der Waals surface area contributed by atoms with Crippen LogP contribution in [0.5, 0.6) is 0 Å². The number of aromatic nitrogens is 2. The Morgan fingerprint density at radius 3 is 2.78 bits per heavy atom. The predicted octanol–water partition coefficient (Wildman–Crippen LogP) is 2.87. The summed E-state index contributed by atoms with van der Waals surface area (Å²) in [6.45, 7) is 2.10. The summed E-state index contributed by atoms with van der Waals surface area (Å²) in [5.41, 5.74) is 1.08. The lowest BCUT2D eigenvalue weighted by atomic mass is 10.0. The average Bonchev–Trinajstić information content (AvgIpc) is 3.12. The maximum atomic E-state index is 12.4. The SMILES string of the molecule is Cc1cn(-c2ccccc2Cl)nc1C(=O)NCC1(O)CCCC1. The van der Waals surface area contributed by atoms with Crippen LogP contribution in [0.25, 0.3) is 5.69 Å². The maximum Gasteiger partial charge on any atom is 0.272 e. The quantitative estimate of drug-likeness (QED) is 0.904. The second-order valence-corrected chi connectivity index (χ2v) is 6.58. The second kappa shape index (κ2) is 6.34. The fraction of sp³-hybridized carbons (Fsp3) is 0.412. The Kier molecular flexibility index (Phi) is 4.41. The van der Waals surface area contributed by atoms with Crippen molar-refractivity contribution in [2.45, 2.75) is 38.2 Å². The number of nitrogens with one attached hydrogen (secondary N) is 1. The highest BCUT2D eigenvalue weighted by molar-refractivity contribution is 6.32. The van der Waals surface area contributed by atoms with Gasteiger partial charge in [0.15, 0.2) is 5.69 Å². The van der Waals surface area contributed by atoms with E-state index < -0.39 is 5.60 Å². The monoisotopic (exact) mass is 333 g/mol. The standard InChI is InChI=1S/C17H20ClN3O2/c1-12-10-21(14-7-3-2-6-13(14)18)20-15(12)16(22)19-11-17(23)8-4-5-9-17/h2-3,6-7,10,23H,4-5,8-9,11H2,1H3,(H,19,22). The lowest BCUT2D eigenvalue weighted by molar-refractivity contribution is 0.0448. The molecule has 0 bridgehead atoms. The first kappa shape index (κ1) is 16.0. The van der Waals surface area contributed by atoms with Crippen LogP contribution in [0.15, 0.2) is 30.5 Å². The van der Waals surface area contributed by atoms with E-state index in [0.717, 1.165) is 36.9 Å². The molecule has 0 spiro atoms. The zero-order valence-electron chi connectivity index (χ0n) is 13.1. The van der Waals surface area contributed by atoms with E-state index in [1.54, 1.807) is 16.9 Å². The highest BCUT2D eigenvalue weighted by Gasteiger charge is 2.31. The molecule has 3 rings (SSSR count). The number of halogens is 1. The first-order chi connectivity index (χ1) is 11.0. The highest BCUT2D eigenvalue weighted by atomic mass is 35.5. The maximum absolute atomic E-state index is 12.4. The van der Waals surface area contributed by atoms with Gasteiger partial charge in [-0.15, -0.1) is 0 Å². The molecule has 23 heavy (non-hydrogen) atoms. The summed E-state index contributed by atoms with van der Waals surface area (Å²) < 4.78 is 1.61. The van der Waals surface area contributed by atoms with Crippen LogP contribution in [0.3, 0.4) is 0 Å². The van der Waals surface area contributed by atoms with Gasteiger partial charge in [0.25, 0.3) is 5.91 Å². The molecular formula is C17H20ClN3O2. The van der Waals surface area contributed by atoms with Crippen LogP contribution in [0.1, 0.15) is 41.7 Å². The van der Waals surface area contributed by atoms with Gasteiger partial charge in [0.1, 0.15) is 0 Å². The third kappa shape index (κ3) is 3.41. The van der Waals surface area contributed by atoms with Gasteiger partial charge in [0.2, 0.25) is 0 Å². The Labute approximate surface area is 140 Å². The van der Waals surface area contributed by atoms with Crippen molar-refractivity contribution < 1.29 is 9.90 Å². The molecule has 5 nitrogen and oxygen atoms in total. The summed E-state index contributed by atoms with van der Waals surface area (Å²) in [7, 11) is 0. The number of rotatable bonds is 4. The second-order valence-electron chi connectivity index (χ2n) is 6.17. The van der Waals surface area contributed by atoms with Gasteiger partial charge in [-0.25, -0.2) is 4.68 Å². The van der Waals surface area contributed by atoms with Crippen molar-refractivity contribution in [3.05, 3.63) is 46.7 Å². The van der Waals surface area contributed by atoms with Gasteiger partial charge in [0, 0.05) is 18.3 Å². The van der Waals surface area contributed by atoms with Gasteiger partial charge in [-0.2, -0.15) is 5.10 Å². The smallest absolute Gasteiger partial charge is 0.272 e. The Morgan fingerprint density at radius 1 is 1.39 bits per heavy atom. The summed E-state index contributed by atoms with van der Waals surface area (Å²) in [6, 6.07) is 7.34. The zero-order chi connectivity index (χ0) is 16.4. The van der Waals surface area contributed by atoms with Crippen molar-refractivity contribution >= 4 is 17.5 Å².